The van der Waals surface area contributed by atoms with Crippen molar-refractivity contribution in [2.75, 3.05) is 18.6 Å². The Hall–Kier alpha value is -4.20. The van der Waals surface area contributed by atoms with Gasteiger partial charge in [0.2, 0.25) is 0 Å². The standard InChI is InChI=1S/C24H21FN2O5/c1-4-6-16-12-15(14-20(31-3)21(16)32-11-5-2)13-19-22(28)26-24(30)27(23(19)29)18-9-7-17(25)8-10-18/h4-5,7-10,12-14H,1-2,6,11H2,3H3,(H,26,28,30)/b19-13+. The second-order valence-corrected chi connectivity index (χ2v) is 6.74. The number of amides is 4. The molecule has 4 amide bonds. The van der Waals surface area contributed by atoms with Gasteiger partial charge in [0.05, 0.1) is 12.8 Å². The fourth-order valence-corrected chi connectivity index (χ4v) is 3.18. The Morgan fingerprint density at radius 2 is 1.81 bits per heavy atom. The van der Waals surface area contributed by atoms with Crippen LogP contribution in [0, 0.1) is 5.82 Å². The zero-order valence-corrected chi connectivity index (χ0v) is 17.4. The van der Waals surface area contributed by atoms with E-state index in [1.54, 1.807) is 24.3 Å². The summed E-state index contributed by atoms with van der Waals surface area (Å²) < 4.78 is 24.4. The minimum Gasteiger partial charge on any atom is -0.493 e. The number of allylic oxidation sites excluding steroid dienone is 1. The maximum Gasteiger partial charge on any atom is 0.335 e. The molecule has 1 aliphatic rings. The number of imide groups is 2. The molecule has 3 rings (SSSR count). The zero-order valence-electron chi connectivity index (χ0n) is 17.4. The number of rotatable bonds is 8. The second-order valence-electron chi connectivity index (χ2n) is 6.74. The Bertz CT molecular complexity index is 1120. The van der Waals surface area contributed by atoms with Gasteiger partial charge >= 0.3 is 6.03 Å². The molecule has 1 saturated heterocycles. The highest BCUT2D eigenvalue weighted by atomic mass is 19.1. The number of ether oxygens (including phenoxy) is 2. The van der Waals surface area contributed by atoms with Crippen molar-refractivity contribution in [3.8, 4) is 11.5 Å². The van der Waals surface area contributed by atoms with Crippen LogP contribution in [0.15, 0.2) is 67.3 Å². The summed E-state index contributed by atoms with van der Waals surface area (Å²) in [5.74, 6) is -1.30. The highest BCUT2D eigenvalue weighted by molar-refractivity contribution is 6.39. The van der Waals surface area contributed by atoms with Crippen molar-refractivity contribution >= 4 is 29.6 Å². The van der Waals surface area contributed by atoms with Gasteiger partial charge in [-0.25, -0.2) is 14.1 Å². The van der Waals surface area contributed by atoms with Gasteiger partial charge < -0.3 is 9.47 Å². The average Bonchev–Trinajstić information content (AvgIpc) is 2.77. The summed E-state index contributed by atoms with van der Waals surface area (Å²) in [6.45, 7) is 7.63. The molecule has 1 fully saturated rings. The molecule has 7 nitrogen and oxygen atoms in total. The Labute approximate surface area is 184 Å². The Balaban J connectivity index is 2.05. The number of hydrogen-bond acceptors (Lipinski definition) is 5. The van der Waals surface area contributed by atoms with E-state index in [9.17, 15) is 18.8 Å². The molecule has 0 aliphatic carbocycles. The lowest BCUT2D eigenvalue weighted by molar-refractivity contribution is -0.122. The number of barbiturate groups is 1. The van der Waals surface area contributed by atoms with E-state index in [0.717, 1.165) is 22.6 Å². The third-order valence-corrected chi connectivity index (χ3v) is 4.58. The third-order valence-electron chi connectivity index (χ3n) is 4.58. The molecule has 1 heterocycles. The smallest absolute Gasteiger partial charge is 0.335 e. The molecule has 0 radical (unpaired) electrons. The maximum absolute atomic E-state index is 13.3. The van der Waals surface area contributed by atoms with Gasteiger partial charge in [-0.2, -0.15) is 0 Å². The maximum atomic E-state index is 13.3. The summed E-state index contributed by atoms with van der Waals surface area (Å²) in [5, 5.41) is 2.13. The number of carbonyl (C=O) groups excluding carboxylic acids is 3. The summed E-state index contributed by atoms with van der Waals surface area (Å²) in [5.41, 5.74) is 1.07. The Morgan fingerprint density at radius 3 is 2.44 bits per heavy atom. The van der Waals surface area contributed by atoms with Crippen molar-refractivity contribution in [3.05, 3.63) is 84.2 Å². The van der Waals surface area contributed by atoms with Gasteiger partial charge in [-0.1, -0.05) is 18.7 Å². The monoisotopic (exact) mass is 436 g/mol. The molecule has 32 heavy (non-hydrogen) atoms. The highest BCUT2D eigenvalue weighted by Crippen LogP contribution is 2.35. The van der Waals surface area contributed by atoms with Crippen molar-refractivity contribution in [2.45, 2.75) is 6.42 Å². The van der Waals surface area contributed by atoms with E-state index in [0.29, 0.717) is 23.5 Å². The summed E-state index contributed by atoms with van der Waals surface area (Å²) >= 11 is 0. The Morgan fingerprint density at radius 1 is 1.09 bits per heavy atom. The van der Waals surface area contributed by atoms with Gasteiger partial charge in [0.25, 0.3) is 11.8 Å². The van der Waals surface area contributed by atoms with Crippen molar-refractivity contribution in [3.63, 3.8) is 0 Å². The molecular formula is C24H21FN2O5. The summed E-state index contributed by atoms with van der Waals surface area (Å²) in [4.78, 5) is 38.5. The number of hydrogen-bond donors (Lipinski definition) is 1. The van der Waals surface area contributed by atoms with Crippen LogP contribution in [0.25, 0.3) is 6.08 Å². The van der Waals surface area contributed by atoms with E-state index in [-0.39, 0.29) is 17.9 Å². The molecule has 0 unspecified atom stereocenters. The van der Waals surface area contributed by atoms with E-state index in [1.807, 2.05) is 0 Å². The van der Waals surface area contributed by atoms with Crippen LogP contribution >= 0.6 is 0 Å². The van der Waals surface area contributed by atoms with Crippen molar-refractivity contribution in [1.29, 1.82) is 0 Å². The molecule has 0 bridgehead atoms. The summed E-state index contributed by atoms with van der Waals surface area (Å²) in [7, 11) is 1.47. The summed E-state index contributed by atoms with van der Waals surface area (Å²) in [6.07, 6.45) is 5.08. The van der Waals surface area contributed by atoms with Gasteiger partial charge in [-0.15, -0.1) is 6.58 Å². The normalized spacial score (nSPS) is 14.9. The zero-order chi connectivity index (χ0) is 23.3. The van der Waals surface area contributed by atoms with E-state index < -0.39 is 23.7 Å². The minimum absolute atomic E-state index is 0.130. The number of methoxy groups -OCH3 is 1. The van der Waals surface area contributed by atoms with Crippen LogP contribution < -0.4 is 19.7 Å². The molecule has 1 aliphatic heterocycles. The van der Waals surface area contributed by atoms with Crippen LogP contribution in [0.1, 0.15) is 11.1 Å². The molecule has 164 valence electrons. The van der Waals surface area contributed by atoms with E-state index in [2.05, 4.69) is 18.5 Å². The van der Waals surface area contributed by atoms with Crippen LogP contribution in [0.2, 0.25) is 0 Å². The number of anilines is 1. The first kappa shape index (κ1) is 22.5. The first-order valence-corrected chi connectivity index (χ1v) is 9.62. The van der Waals surface area contributed by atoms with Crippen LogP contribution in [-0.2, 0) is 16.0 Å². The van der Waals surface area contributed by atoms with Crippen molar-refractivity contribution in [2.24, 2.45) is 0 Å². The van der Waals surface area contributed by atoms with Gasteiger partial charge in [0.1, 0.15) is 18.0 Å². The van der Waals surface area contributed by atoms with E-state index in [1.165, 1.54) is 25.3 Å². The van der Waals surface area contributed by atoms with E-state index >= 15 is 0 Å². The highest BCUT2D eigenvalue weighted by Gasteiger charge is 2.36. The largest absolute Gasteiger partial charge is 0.493 e. The van der Waals surface area contributed by atoms with Crippen LogP contribution in [0.5, 0.6) is 11.5 Å². The fraction of sp³-hybridized carbons (Fsp3) is 0.125. The molecule has 0 atom stereocenters. The lowest BCUT2D eigenvalue weighted by Gasteiger charge is -2.26. The van der Waals surface area contributed by atoms with Crippen molar-refractivity contribution in [1.82, 2.24) is 5.32 Å². The quantitative estimate of drug-likeness (QED) is 0.387. The number of nitrogens with one attached hydrogen (secondary N) is 1. The number of urea groups is 1. The molecule has 2 aromatic carbocycles. The molecule has 1 N–H and O–H groups in total. The molecule has 8 heteroatoms. The molecule has 0 spiro atoms. The molecule has 2 aromatic rings. The number of nitrogens with zero attached hydrogens (tertiary/aromatic N) is 1. The predicted octanol–water partition coefficient (Wildman–Crippen LogP) is 3.79. The Kier molecular flexibility index (Phi) is 6.84. The SMILES string of the molecule is C=CCOc1c(CC=C)cc(/C=C2\C(=O)NC(=O)N(c3ccc(F)cc3)C2=O)cc1OC. The molecular weight excluding hydrogens is 415 g/mol. The number of halogens is 1. The van der Waals surface area contributed by atoms with Gasteiger partial charge in [-0.3, -0.25) is 14.9 Å². The number of benzene rings is 2. The fourth-order valence-electron chi connectivity index (χ4n) is 3.18. The molecule has 0 aromatic heterocycles. The van der Waals surface area contributed by atoms with Crippen LogP contribution in [0.4, 0.5) is 14.9 Å². The minimum atomic E-state index is -0.915. The number of carbonyl (C=O) groups is 3. The van der Waals surface area contributed by atoms with Crippen LogP contribution in [0.3, 0.4) is 0 Å². The van der Waals surface area contributed by atoms with Gasteiger partial charge in [-0.05, 0) is 54.5 Å². The third kappa shape index (κ3) is 4.59. The second kappa shape index (κ2) is 9.74. The van der Waals surface area contributed by atoms with Crippen LogP contribution in [-0.4, -0.2) is 31.6 Å². The van der Waals surface area contributed by atoms with E-state index in [4.69, 9.17) is 9.47 Å². The first-order chi connectivity index (χ1) is 15.4. The summed E-state index contributed by atoms with van der Waals surface area (Å²) in [6, 6.07) is 7.20. The van der Waals surface area contributed by atoms with Gasteiger partial charge in [0.15, 0.2) is 11.5 Å². The lowest BCUT2D eigenvalue weighted by Crippen LogP contribution is -2.54. The molecule has 0 saturated carbocycles. The van der Waals surface area contributed by atoms with Crippen molar-refractivity contribution < 1.29 is 28.2 Å². The average molecular weight is 436 g/mol. The lowest BCUT2D eigenvalue weighted by atomic mass is 10.0. The topological polar surface area (TPSA) is 84.9 Å². The first-order valence-electron chi connectivity index (χ1n) is 9.62. The van der Waals surface area contributed by atoms with Gasteiger partial charge in [0, 0.05) is 5.56 Å². The predicted molar refractivity (Wildman–Crippen MR) is 118 cm³/mol.